The van der Waals surface area contributed by atoms with Crippen molar-refractivity contribution in [1.82, 2.24) is 9.88 Å². The van der Waals surface area contributed by atoms with Crippen molar-refractivity contribution in [1.29, 1.82) is 5.26 Å². The molecule has 1 amide bonds. The van der Waals surface area contributed by atoms with Gasteiger partial charge in [0.15, 0.2) is 0 Å². The zero-order valence-electron chi connectivity index (χ0n) is 19.7. The summed E-state index contributed by atoms with van der Waals surface area (Å²) in [6.07, 6.45) is 10.5. The number of hydrogen-bond acceptors (Lipinski definition) is 5. The highest BCUT2D eigenvalue weighted by atomic mass is 16.5. The van der Waals surface area contributed by atoms with Crippen molar-refractivity contribution in [2.24, 2.45) is 5.92 Å². The van der Waals surface area contributed by atoms with Gasteiger partial charge in [-0.1, -0.05) is 38.2 Å². The normalized spacial score (nSPS) is 22.1. The molecule has 1 aromatic heterocycles. The molecule has 3 aliphatic rings. The second-order valence-corrected chi connectivity index (χ2v) is 10.0. The van der Waals surface area contributed by atoms with E-state index < -0.39 is 0 Å². The molecule has 0 spiro atoms. The lowest BCUT2D eigenvalue weighted by Crippen LogP contribution is -2.49. The lowest BCUT2D eigenvalue weighted by atomic mass is 9.86. The number of fused-ring (bicyclic) bond motifs is 1. The maximum Gasteiger partial charge on any atom is 0.223 e. The second-order valence-electron chi connectivity index (χ2n) is 10.0. The van der Waals surface area contributed by atoms with Gasteiger partial charge in [0, 0.05) is 44.6 Å². The van der Waals surface area contributed by atoms with Crippen molar-refractivity contribution in [2.45, 2.75) is 65.1 Å². The highest BCUT2D eigenvalue weighted by molar-refractivity contribution is 5.77. The highest BCUT2D eigenvalue weighted by Gasteiger charge is 2.34. The molecule has 2 aliphatic heterocycles. The number of piperazine rings is 1. The number of amides is 1. The minimum absolute atomic E-state index is 0.218. The molecule has 3 heterocycles. The molecular weight excluding hydrogens is 400 g/mol. The molecule has 1 aliphatic carbocycles. The Hall–Kier alpha value is -2.65. The average Bonchev–Trinajstić information content (AvgIpc) is 2.78. The minimum atomic E-state index is -0.292. The third kappa shape index (κ3) is 4.59. The summed E-state index contributed by atoms with van der Waals surface area (Å²) in [5, 5.41) is 10.1. The van der Waals surface area contributed by atoms with Crippen molar-refractivity contribution in [3.8, 4) is 6.07 Å². The predicted octanol–water partition coefficient (Wildman–Crippen LogP) is 4.10. The first-order valence-electron chi connectivity index (χ1n) is 11.7. The number of allylic oxidation sites excluding steroid dienone is 4. The molecule has 1 aromatic rings. The molecule has 0 saturated carbocycles. The van der Waals surface area contributed by atoms with Crippen LogP contribution in [0.3, 0.4) is 0 Å². The Balaban J connectivity index is 1.53. The quantitative estimate of drug-likeness (QED) is 0.714. The first-order chi connectivity index (χ1) is 15.3. The van der Waals surface area contributed by atoms with Crippen LogP contribution in [0.4, 0.5) is 5.82 Å². The van der Waals surface area contributed by atoms with Gasteiger partial charge in [-0.25, -0.2) is 4.98 Å². The zero-order valence-corrected chi connectivity index (χ0v) is 19.7. The predicted molar refractivity (Wildman–Crippen MR) is 125 cm³/mol. The molecule has 0 radical (unpaired) electrons. The molecule has 4 rings (SSSR count). The van der Waals surface area contributed by atoms with Gasteiger partial charge in [0.1, 0.15) is 11.9 Å². The van der Waals surface area contributed by atoms with Crippen LogP contribution >= 0.6 is 0 Å². The summed E-state index contributed by atoms with van der Waals surface area (Å²) in [6.45, 7) is 11.7. The van der Waals surface area contributed by atoms with E-state index in [2.05, 4.69) is 50.8 Å². The molecule has 0 bridgehead atoms. The summed E-state index contributed by atoms with van der Waals surface area (Å²) in [5.74, 6) is 1.55. The number of pyridine rings is 1. The van der Waals surface area contributed by atoms with Crippen molar-refractivity contribution in [2.75, 3.05) is 31.1 Å². The van der Waals surface area contributed by atoms with E-state index in [1.54, 1.807) is 0 Å². The molecule has 0 aromatic carbocycles. The summed E-state index contributed by atoms with van der Waals surface area (Å²) in [5.41, 5.74) is 3.59. The van der Waals surface area contributed by atoms with Crippen molar-refractivity contribution >= 4 is 11.7 Å². The molecule has 1 unspecified atom stereocenters. The van der Waals surface area contributed by atoms with Gasteiger partial charge in [0.25, 0.3) is 0 Å². The Morgan fingerprint density at radius 3 is 2.62 bits per heavy atom. The van der Waals surface area contributed by atoms with Crippen LogP contribution in [0.15, 0.2) is 24.3 Å². The van der Waals surface area contributed by atoms with Crippen molar-refractivity contribution < 1.29 is 9.53 Å². The Kier molecular flexibility index (Phi) is 6.39. The number of anilines is 1. The summed E-state index contributed by atoms with van der Waals surface area (Å²) >= 11 is 0. The first-order valence-corrected chi connectivity index (χ1v) is 11.7. The Morgan fingerprint density at radius 1 is 1.25 bits per heavy atom. The fourth-order valence-corrected chi connectivity index (χ4v) is 4.91. The third-order valence-electron chi connectivity index (χ3n) is 6.73. The van der Waals surface area contributed by atoms with Gasteiger partial charge >= 0.3 is 0 Å². The molecule has 1 saturated heterocycles. The summed E-state index contributed by atoms with van der Waals surface area (Å²) in [6, 6.07) is 2.46. The van der Waals surface area contributed by atoms with E-state index in [0.29, 0.717) is 57.1 Å². The smallest absolute Gasteiger partial charge is 0.223 e. The number of hydrogen-bond donors (Lipinski definition) is 0. The third-order valence-corrected chi connectivity index (χ3v) is 6.73. The fraction of sp³-hybridized carbons (Fsp3) is 0.577. The number of carbonyl (C=O) groups excluding carboxylic acids is 1. The number of carbonyl (C=O) groups is 1. The van der Waals surface area contributed by atoms with Gasteiger partial charge in [0.2, 0.25) is 5.91 Å². The Labute approximate surface area is 191 Å². The number of nitrogens with zero attached hydrogens (tertiary/aromatic N) is 4. The number of nitriles is 1. The molecule has 0 N–H and O–H groups in total. The van der Waals surface area contributed by atoms with Gasteiger partial charge in [-0.05, 0) is 37.7 Å². The van der Waals surface area contributed by atoms with E-state index in [9.17, 15) is 10.1 Å². The lowest BCUT2D eigenvalue weighted by Gasteiger charge is -2.39. The molecule has 6 heteroatoms. The Morgan fingerprint density at radius 2 is 2.00 bits per heavy atom. The second kappa shape index (κ2) is 9.07. The van der Waals surface area contributed by atoms with E-state index in [0.717, 1.165) is 29.1 Å². The SMILES string of the molecule is CC(C)c1nc(N2CCN(C(=O)CC3C=CC=CC3)CC2)c(C#N)c2c1COC(C)(C)C2. The van der Waals surface area contributed by atoms with E-state index in [1.165, 1.54) is 0 Å². The summed E-state index contributed by atoms with van der Waals surface area (Å²) < 4.78 is 6.05. The molecule has 1 atom stereocenters. The summed E-state index contributed by atoms with van der Waals surface area (Å²) in [7, 11) is 0. The van der Waals surface area contributed by atoms with E-state index in [1.807, 2.05) is 17.1 Å². The number of aromatic nitrogens is 1. The van der Waals surface area contributed by atoms with Crippen LogP contribution in [0, 0.1) is 17.2 Å². The standard InChI is InChI=1S/C26H34N4O2/c1-18(2)24-22-17-32-26(3,4)15-20(22)21(16-27)25(28-24)30-12-10-29(11-13-30)23(31)14-19-8-6-5-7-9-19/h5-8,18-19H,9-15,17H2,1-4H3. The number of rotatable bonds is 4. The van der Waals surface area contributed by atoms with Crippen molar-refractivity contribution in [3.63, 3.8) is 0 Å². The van der Waals surface area contributed by atoms with Crippen LogP contribution in [-0.4, -0.2) is 47.6 Å². The van der Waals surface area contributed by atoms with Gasteiger partial charge < -0.3 is 14.5 Å². The van der Waals surface area contributed by atoms with Crippen LogP contribution in [-0.2, 0) is 22.6 Å². The maximum absolute atomic E-state index is 12.8. The van der Waals surface area contributed by atoms with Gasteiger partial charge in [-0.3, -0.25) is 4.79 Å². The maximum atomic E-state index is 12.8. The fourth-order valence-electron chi connectivity index (χ4n) is 4.91. The average molecular weight is 435 g/mol. The van der Waals surface area contributed by atoms with Crippen LogP contribution in [0.5, 0.6) is 0 Å². The molecule has 6 nitrogen and oxygen atoms in total. The highest BCUT2D eigenvalue weighted by Crippen LogP contribution is 2.37. The van der Waals surface area contributed by atoms with Gasteiger partial charge in [-0.2, -0.15) is 5.26 Å². The zero-order chi connectivity index (χ0) is 22.9. The largest absolute Gasteiger partial charge is 0.370 e. The molecule has 170 valence electrons. The van der Waals surface area contributed by atoms with Gasteiger partial charge in [-0.15, -0.1) is 0 Å². The van der Waals surface area contributed by atoms with Crippen LogP contribution in [0.1, 0.15) is 68.8 Å². The van der Waals surface area contributed by atoms with Crippen LogP contribution in [0.25, 0.3) is 0 Å². The monoisotopic (exact) mass is 434 g/mol. The lowest BCUT2D eigenvalue weighted by molar-refractivity contribution is -0.132. The topological polar surface area (TPSA) is 69.5 Å². The first kappa shape index (κ1) is 22.5. The minimum Gasteiger partial charge on any atom is -0.370 e. The summed E-state index contributed by atoms with van der Waals surface area (Å²) in [4.78, 5) is 22.0. The van der Waals surface area contributed by atoms with E-state index in [-0.39, 0.29) is 17.4 Å². The van der Waals surface area contributed by atoms with Gasteiger partial charge in [0.05, 0.1) is 23.5 Å². The van der Waals surface area contributed by atoms with Crippen LogP contribution in [0.2, 0.25) is 0 Å². The van der Waals surface area contributed by atoms with E-state index in [4.69, 9.17) is 9.72 Å². The molecule has 32 heavy (non-hydrogen) atoms. The van der Waals surface area contributed by atoms with Crippen molar-refractivity contribution in [3.05, 3.63) is 46.7 Å². The van der Waals surface area contributed by atoms with Crippen LogP contribution < -0.4 is 4.90 Å². The Bertz CT molecular complexity index is 979. The molecule has 1 fully saturated rings. The van der Waals surface area contributed by atoms with E-state index >= 15 is 0 Å². The number of ether oxygens (including phenoxy) is 1. The molecular formula is C26H34N4O2.